The molecule has 5 heteroatoms. The van der Waals surface area contributed by atoms with Crippen LogP contribution in [0.25, 0.3) is 11.0 Å². The van der Waals surface area contributed by atoms with Crippen LogP contribution in [0.15, 0.2) is 16.9 Å². The first kappa shape index (κ1) is 12.4. The molecule has 0 aliphatic rings. The molecule has 96 valence electrons. The van der Waals surface area contributed by atoms with E-state index in [1.165, 1.54) is 0 Å². The van der Waals surface area contributed by atoms with Crippen molar-refractivity contribution in [2.45, 2.75) is 13.3 Å². The summed E-state index contributed by atoms with van der Waals surface area (Å²) >= 11 is 0. The second kappa shape index (κ2) is 4.68. The Morgan fingerprint density at radius 2 is 1.83 bits per heavy atom. The van der Waals surface area contributed by atoms with E-state index in [4.69, 9.17) is 9.47 Å². The zero-order chi connectivity index (χ0) is 13.3. The number of benzene rings is 1. The van der Waals surface area contributed by atoms with E-state index in [1.807, 2.05) is 6.92 Å². The second-order valence-corrected chi connectivity index (χ2v) is 3.97. The lowest BCUT2D eigenvalue weighted by Gasteiger charge is -2.11. The van der Waals surface area contributed by atoms with Gasteiger partial charge in [0.05, 0.1) is 25.3 Å². The minimum absolute atomic E-state index is 0.0720. The number of hydrogen-bond donors (Lipinski definition) is 0. The molecule has 1 aromatic carbocycles. The Balaban J connectivity index is 2.85. The van der Waals surface area contributed by atoms with Crippen molar-refractivity contribution < 1.29 is 9.47 Å². The van der Waals surface area contributed by atoms with Crippen LogP contribution in [0.4, 0.5) is 0 Å². The Bertz CT molecular complexity index is 647. The monoisotopic (exact) mass is 248 g/mol. The predicted octanol–water partition coefficient (Wildman–Crippen LogP) is 1.51. The summed E-state index contributed by atoms with van der Waals surface area (Å²) in [6.07, 6.45) is 0.608. The van der Waals surface area contributed by atoms with Gasteiger partial charge in [0, 0.05) is 19.2 Å². The van der Waals surface area contributed by atoms with E-state index < -0.39 is 0 Å². The molecule has 0 N–H and O–H groups in total. The van der Waals surface area contributed by atoms with Gasteiger partial charge in [0.25, 0.3) is 5.56 Å². The van der Waals surface area contributed by atoms with Crippen molar-refractivity contribution in [2.24, 2.45) is 7.05 Å². The summed E-state index contributed by atoms with van der Waals surface area (Å²) in [5.41, 5.74) is 1.94. The van der Waals surface area contributed by atoms with Gasteiger partial charge in [-0.3, -0.25) is 4.79 Å². The summed E-state index contributed by atoms with van der Waals surface area (Å²) in [4.78, 5) is 16.4. The zero-order valence-corrected chi connectivity index (χ0v) is 11.0. The summed E-state index contributed by atoms with van der Waals surface area (Å²) in [6, 6.07) is 3.55. The van der Waals surface area contributed by atoms with Crippen LogP contribution < -0.4 is 15.0 Å². The van der Waals surface area contributed by atoms with E-state index >= 15 is 0 Å². The van der Waals surface area contributed by atoms with Crippen molar-refractivity contribution in [2.75, 3.05) is 14.2 Å². The maximum absolute atomic E-state index is 12.0. The average Bonchev–Trinajstić information content (AvgIpc) is 2.41. The molecule has 0 amide bonds. The van der Waals surface area contributed by atoms with Gasteiger partial charge < -0.3 is 14.0 Å². The summed E-state index contributed by atoms with van der Waals surface area (Å²) in [5, 5.41) is 0. The number of ether oxygens (including phenoxy) is 2. The van der Waals surface area contributed by atoms with Gasteiger partial charge in [0.15, 0.2) is 11.5 Å². The molecule has 0 fully saturated rings. The van der Waals surface area contributed by atoms with Gasteiger partial charge in [-0.05, 0) is 6.42 Å². The number of rotatable bonds is 3. The van der Waals surface area contributed by atoms with Crippen molar-refractivity contribution >= 4 is 11.0 Å². The van der Waals surface area contributed by atoms with Crippen molar-refractivity contribution in [1.29, 1.82) is 0 Å². The number of hydrogen-bond acceptors (Lipinski definition) is 4. The van der Waals surface area contributed by atoms with Crippen molar-refractivity contribution in [3.63, 3.8) is 0 Å². The molecular weight excluding hydrogens is 232 g/mol. The van der Waals surface area contributed by atoms with Crippen molar-refractivity contribution in [3.05, 3.63) is 28.2 Å². The fraction of sp³-hybridized carbons (Fsp3) is 0.385. The molecule has 0 bridgehead atoms. The molecule has 18 heavy (non-hydrogen) atoms. The molecule has 0 spiro atoms. The van der Waals surface area contributed by atoms with E-state index in [0.717, 1.165) is 11.0 Å². The Morgan fingerprint density at radius 1 is 1.22 bits per heavy atom. The largest absolute Gasteiger partial charge is 0.493 e. The van der Waals surface area contributed by atoms with Crippen LogP contribution in [0.5, 0.6) is 11.5 Å². The van der Waals surface area contributed by atoms with E-state index in [-0.39, 0.29) is 5.56 Å². The first-order chi connectivity index (χ1) is 8.62. The smallest absolute Gasteiger partial charge is 0.272 e. The number of nitrogens with zero attached hydrogens (tertiary/aromatic N) is 2. The normalized spacial score (nSPS) is 10.7. The van der Waals surface area contributed by atoms with Gasteiger partial charge >= 0.3 is 0 Å². The SMILES string of the molecule is CCc1nc2cc(OC)c(OC)cc2n(C)c1=O. The van der Waals surface area contributed by atoms with Crippen LogP contribution in [-0.4, -0.2) is 23.8 Å². The fourth-order valence-electron chi connectivity index (χ4n) is 1.94. The zero-order valence-electron chi connectivity index (χ0n) is 11.0. The minimum Gasteiger partial charge on any atom is -0.493 e. The van der Waals surface area contributed by atoms with Gasteiger partial charge in [-0.1, -0.05) is 6.92 Å². The molecule has 0 aliphatic heterocycles. The highest BCUT2D eigenvalue weighted by atomic mass is 16.5. The summed E-state index contributed by atoms with van der Waals surface area (Å²) in [5.74, 6) is 1.20. The highest BCUT2D eigenvalue weighted by Gasteiger charge is 2.12. The molecule has 0 aliphatic carbocycles. The number of aryl methyl sites for hydroxylation is 2. The van der Waals surface area contributed by atoms with Crippen molar-refractivity contribution in [1.82, 2.24) is 9.55 Å². The first-order valence-electron chi connectivity index (χ1n) is 5.74. The third kappa shape index (κ3) is 1.81. The van der Waals surface area contributed by atoms with Gasteiger partial charge in [0.1, 0.15) is 5.69 Å². The van der Waals surface area contributed by atoms with Gasteiger partial charge in [-0.25, -0.2) is 4.98 Å². The van der Waals surface area contributed by atoms with E-state index in [0.29, 0.717) is 23.6 Å². The fourth-order valence-corrected chi connectivity index (χ4v) is 1.94. The Hall–Kier alpha value is -2.04. The summed E-state index contributed by atoms with van der Waals surface area (Å²) in [7, 11) is 4.87. The Kier molecular flexibility index (Phi) is 3.23. The highest BCUT2D eigenvalue weighted by Crippen LogP contribution is 2.30. The van der Waals surface area contributed by atoms with Crippen molar-refractivity contribution in [3.8, 4) is 11.5 Å². The molecule has 1 aromatic heterocycles. The maximum atomic E-state index is 12.0. The number of fused-ring (bicyclic) bond motifs is 1. The Morgan fingerprint density at radius 3 is 2.39 bits per heavy atom. The lowest BCUT2D eigenvalue weighted by atomic mass is 10.2. The molecule has 1 heterocycles. The van der Waals surface area contributed by atoms with Crippen LogP contribution >= 0.6 is 0 Å². The quantitative estimate of drug-likeness (QED) is 0.826. The first-order valence-corrected chi connectivity index (χ1v) is 5.74. The summed E-state index contributed by atoms with van der Waals surface area (Å²) < 4.78 is 12.0. The van der Waals surface area contributed by atoms with Crippen LogP contribution in [0.3, 0.4) is 0 Å². The Labute approximate surface area is 105 Å². The summed E-state index contributed by atoms with van der Waals surface area (Å²) in [6.45, 7) is 1.91. The molecule has 0 atom stereocenters. The molecular formula is C13H16N2O3. The second-order valence-electron chi connectivity index (χ2n) is 3.97. The minimum atomic E-state index is -0.0720. The lowest BCUT2D eigenvalue weighted by molar-refractivity contribution is 0.355. The third-order valence-electron chi connectivity index (χ3n) is 2.98. The average molecular weight is 248 g/mol. The van der Waals surface area contributed by atoms with E-state index in [1.54, 1.807) is 38.0 Å². The predicted molar refractivity (Wildman–Crippen MR) is 69.5 cm³/mol. The highest BCUT2D eigenvalue weighted by molar-refractivity contribution is 5.79. The topological polar surface area (TPSA) is 53.4 Å². The molecule has 0 saturated carbocycles. The van der Waals surface area contributed by atoms with Gasteiger partial charge in [0.2, 0.25) is 0 Å². The van der Waals surface area contributed by atoms with Crippen LogP contribution in [0.2, 0.25) is 0 Å². The molecule has 0 saturated heterocycles. The molecule has 0 radical (unpaired) electrons. The maximum Gasteiger partial charge on any atom is 0.272 e. The van der Waals surface area contributed by atoms with Gasteiger partial charge in [-0.2, -0.15) is 0 Å². The van der Waals surface area contributed by atoms with Crippen LogP contribution in [0.1, 0.15) is 12.6 Å². The molecule has 2 aromatic rings. The van der Waals surface area contributed by atoms with Crippen LogP contribution in [-0.2, 0) is 13.5 Å². The third-order valence-corrected chi connectivity index (χ3v) is 2.98. The lowest BCUT2D eigenvalue weighted by Crippen LogP contribution is -2.22. The van der Waals surface area contributed by atoms with E-state index in [2.05, 4.69) is 4.98 Å². The van der Waals surface area contributed by atoms with Crippen LogP contribution in [0, 0.1) is 0 Å². The molecule has 2 rings (SSSR count). The number of methoxy groups -OCH3 is 2. The van der Waals surface area contributed by atoms with Gasteiger partial charge in [-0.15, -0.1) is 0 Å². The van der Waals surface area contributed by atoms with E-state index in [9.17, 15) is 4.79 Å². The molecule has 5 nitrogen and oxygen atoms in total. The number of aromatic nitrogens is 2. The molecule has 0 unspecified atom stereocenters. The standard InChI is InChI=1S/C13H16N2O3/c1-5-8-13(16)15(2)10-7-12(18-4)11(17-3)6-9(10)14-8/h6-7H,5H2,1-4H3.